The van der Waals surface area contributed by atoms with E-state index in [1.807, 2.05) is 18.3 Å². The second-order valence-electron chi connectivity index (χ2n) is 7.55. The molecular formula is C19H21FN2OS. The lowest BCUT2D eigenvalue weighted by molar-refractivity contribution is -0.0985. The molecule has 24 heavy (non-hydrogen) atoms. The van der Waals surface area contributed by atoms with Crippen molar-refractivity contribution in [3.63, 3.8) is 0 Å². The van der Waals surface area contributed by atoms with E-state index in [0.29, 0.717) is 17.9 Å². The summed E-state index contributed by atoms with van der Waals surface area (Å²) in [4.78, 5) is 8.28. The molecule has 4 fully saturated rings. The van der Waals surface area contributed by atoms with Gasteiger partial charge in [0, 0.05) is 49.0 Å². The Labute approximate surface area is 145 Å². The number of hydrogen-bond donors (Lipinski definition) is 0. The molecular weight excluding hydrogens is 323 g/mol. The molecule has 0 spiro atoms. The minimum absolute atomic E-state index is 0.190. The highest BCUT2D eigenvalue weighted by molar-refractivity contribution is 7.13. The molecule has 5 heteroatoms. The zero-order valence-corrected chi connectivity index (χ0v) is 14.3. The molecule has 6 rings (SSSR count). The predicted octanol–water partition coefficient (Wildman–Crippen LogP) is 3.59. The van der Waals surface area contributed by atoms with Crippen LogP contribution in [0.3, 0.4) is 0 Å². The molecule has 3 nitrogen and oxygen atoms in total. The predicted molar refractivity (Wildman–Crippen MR) is 91.9 cm³/mol. The number of benzene rings is 1. The highest BCUT2D eigenvalue weighted by Crippen LogP contribution is 2.45. The van der Waals surface area contributed by atoms with Crippen LogP contribution in [-0.2, 0) is 6.42 Å². The first kappa shape index (κ1) is 14.8. The van der Waals surface area contributed by atoms with E-state index in [2.05, 4.69) is 9.88 Å². The molecule has 0 N–H and O–H groups in total. The molecule has 3 saturated heterocycles. The van der Waals surface area contributed by atoms with Crippen molar-refractivity contribution in [2.45, 2.75) is 25.4 Å². The van der Waals surface area contributed by atoms with E-state index in [4.69, 9.17) is 4.74 Å². The average Bonchev–Trinajstić information content (AvgIpc) is 3.00. The van der Waals surface area contributed by atoms with Gasteiger partial charge in [-0.25, -0.2) is 9.37 Å². The van der Waals surface area contributed by atoms with Gasteiger partial charge in [0.05, 0.1) is 0 Å². The fourth-order valence-electron chi connectivity index (χ4n) is 4.90. The van der Waals surface area contributed by atoms with Crippen LogP contribution in [0.25, 0.3) is 0 Å². The van der Waals surface area contributed by atoms with Crippen molar-refractivity contribution in [2.75, 3.05) is 19.6 Å². The summed E-state index contributed by atoms with van der Waals surface area (Å²) in [7, 11) is 0. The summed E-state index contributed by atoms with van der Waals surface area (Å²) >= 11 is 1.64. The highest BCUT2D eigenvalue weighted by Gasteiger charge is 2.48. The van der Waals surface area contributed by atoms with Gasteiger partial charge in [-0.05, 0) is 36.5 Å². The van der Waals surface area contributed by atoms with E-state index < -0.39 is 0 Å². The monoisotopic (exact) mass is 344 g/mol. The summed E-state index contributed by atoms with van der Waals surface area (Å²) < 4.78 is 19.3. The van der Waals surface area contributed by atoms with Gasteiger partial charge in [-0.15, -0.1) is 0 Å². The Balaban J connectivity index is 1.27. The van der Waals surface area contributed by atoms with Gasteiger partial charge in [0.1, 0.15) is 11.9 Å². The number of rotatable bonds is 4. The number of piperidine rings is 3. The maximum atomic E-state index is 13.0. The second kappa shape index (κ2) is 5.81. The maximum Gasteiger partial charge on any atom is 0.273 e. The molecule has 4 heterocycles. The largest absolute Gasteiger partial charge is 0.466 e. The summed E-state index contributed by atoms with van der Waals surface area (Å²) in [5.41, 5.74) is 1.11. The zero-order chi connectivity index (χ0) is 16.1. The fourth-order valence-corrected chi connectivity index (χ4v) is 5.73. The summed E-state index contributed by atoms with van der Waals surface area (Å²) in [5.74, 6) is 2.07. The number of aromatic nitrogens is 1. The van der Waals surface area contributed by atoms with Crippen LogP contribution in [0.15, 0.2) is 30.5 Å². The van der Waals surface area contributed by atoms with Crippen LogP contribution in [0.2, 0.25) is 0 Å². The maximum absolute atomic E-state index is 13.0. The van der Waals surface area contributed by atoms with Crippen molar-refractivity contribution in [1.82, 2.24) is 9.88 Å². The molecule has 1 aromatic carbocycles. The summed E-state index contributed by atoms with van der Waals surface area (Å²) in [6.07, 6.45) is 5.69. The van der Waals surface area contributed by atoms with Crippen LogP contribution in [0.1, 0.15) is 23.3 Å². The number of ether oxygens (including phenoxy) is 1. The first-order valence-corrected chi connectivity index (χ1v) is 9.63. The van der Waals surface area contributed by atoms with Crippen molar-refractivity contribution in [3.05, 3.63) is 46.7 Å². The van der Waals surface area contributed by atoms with E-state index in [1.165, 1.54) is 49.5 Å². The van der Waals surface area contributed by atoms with Crippen molar-refractivity contribution in [2.24, 2.45) is 17.8 Å². The third-order valence-electron chi connectivity index (χ3n) is 5.76. The van der Waals surface area contributed by atoms with E-state index in [9.17, 15) is 4.39 Å². The van der Waals surface area contributed by atoms with Crippen LogP contribution in [0.4, 0.5) is 4.39 Å². The average molecular weight is 344 g/mol. The quantitative estimate of drug-likeness (QED) is 0.847. The lowest BCUT2D eigenvalue weighted by atomic mass is 9.66. The van der Waals surface area contributed by atoms with Gasteiger partial charge >= 0.3 is 0 Å². The lowest BCUT2D eigenvalue weighted by Gasteiger charge is -2.55. The Hall–Kier alpha value is -1.46. The first-order valence-electron chi connectivity index (χ1n) is 8.81. The van der Waals surface area contributed by atoms with Crippen molar-refractivity contribution < 1.29 is 9.13 Å². The molecule has 0 amide bonds. The minimum atomic E-state index is -0.190. The highest BCUT2D eigenvalue weighted by atomic mass is 32.1. The fraction of sp³-hybridized carbons (Fsp3) is 0.526. The van der Waals surface area contributed by atoms with Crippen LogP contribution in [-0.4, -0.2) is 35.6 Å². The molecule has 2 unspecified atom stereocenters. The van der Waals surface area contributed by atoms with Gasteiger partial charge in [-0.1, -0.05) is 23.5 Å². The van der Waals surface area contributed by atoms with Gasteiger partial charge in [0.25, 0.3) is 5.19 Å². The Bertz CT molecular complexity index is 701. The van der Waals surface area contributed by atoms with E-state index in [0.717, 1.165) is 23.1 Å². The molecule has 2 aromatic rings. The molecule has 2 atom stereocenters. The second-order valence-corrected chi connectivity index (χ2v) is 8.63. The molecule has 1 saturated carbocycles. The Morgan fingerprint density at radius 1 is 1.12 bits per heavy atom. The normalized spacial score (nSPS) is 33.8. The van der Waals surface area contributed by atoms with Crippen LogP contribution < -0.4 is 4.74 Å². The van der Waals surface area contributed by atoms with Gasteiger partial charge < -0.3 is 9.64 Å². The van der Waals surface area contributed by atoms with Gasteiger partial charge in [0.2, 0.25) is 0 Å². The standard InChI is InChI=1S/C19H21FN2OS/c20-16-3-1-12(2-4-16)7-17-8-21-19(24-17)23-18-14-5-13-6-15(18)11-22(9-13)10-14/h1-4,8,13-15,18H,5-7,9-11H2. The molecule has 0 radical (unpaired) electrons. The zero-order valence-electron chi connectivity index (χ0n) is 13.5. The van der Waals surface area contributed by atoms with E-state index >= 15 is 0 Å². The van der Waals surface area contributed by atoms with Crippen LogP contribution in [0, 0.1) is 23.6 Å². The molecule has 1 aromatic heterocycles. The number of hydrogen-bond acceptors (Lipinski definition) is 4. The third-order valence-corrected chi connectivity index (χ3v) is 6.65. The van der Waals surface area contributed by atoms with E-state index in [-0.39, 0.29) is 5.82 Å². The molecule has 126 valence electrons. The molecule has 4 aliphatic rings. The number of thiazole rings is 1. The number of halogens is 1. The molecule has 3 aliphatic heterocycles. The molecule has 1 aliphatic carbocycles. The van der Waals surface area contributed by atoms with Gasteiger partial charge in [0.15, 0.2) is 0 Å². The van der Waals surface area contributed by atoms with E-state index in [1.54, 1.807) is 11.3 Å². The smallest absolute Gasteiger partial charge is 0.273 e. The first-order chi connectivity index (χ1) is 11.7. The third kappa shape index (κ3) is 2.74. The topological polar surface area (TPSA) is 25.4 Å². The van der Waals surface area contributed by atoms with Crippen LogP contribution in [0.5, 0.6) is 5.19 Å². The Morgan fingerprint density at radius 2 is 1.88 bits per heavy atom. The molecule has 4 bridgehead atoms. The van der Waals surface area contributed by atoms with Crippen molar-refractivity contribution in [1.29, 1.82) is 0 Å². The summed E-state index contributed by atoms with van der Waals surface area (Å²) in [6.45, 7) is 3.70. The lowest BCUT2D eigenvalue weighted by Crippen LogP contribution is -2.61. The SMILES string of the molecule is Fc1ccc(Cc2cnc(OC3C4CC5CC3CN(C5)C4)s2)cc1. The van der Waals surface area contributed by atoms with Gasteiger partial charge in [-0.2, -0.15) is 0 Å². The number of nitrogens with zero attached hydrogens (tertiary/aromatic N) is 2. The van der Waals surface area contributed by atoms with Gasteiger partial charge in [-0.3, -0.25) is 0 Å². The van der Waals surface area contributed by atoms with Crippen LogP contribution >= 0.6 is 11.3 Å². The Kier molecular flexibility index (Phi) is 3.60. The van der Waals surface area contributed by atoms with Crippen molar-refractivity contribution in [3.8, 4) is 5.19 Å². The summed E-state index contributed by atoms with van der Waals surface area (Å²) in [5, 5.41) is 0.805. The summed E-state index contributed by atoms with van der Waals surface area (Å²) in [6, 6.07) is 6.69. The minimum Gasteiger partial charge on any atom is -0.466 e. The van der Waals surface area contributed by atoms with Crippen molar-refractivity contribution >= 4 is 11.3 Å². The Morgan fingerprint density at radius 3 is 2.58 bits per heavy atom.